The summed E-state index contributed by atoms with van der Waals surface area (Å²) in [6.45, 7) is 80.6. The second-order valence-corrected chi connectivity index (χ2v) is 48.8. The van der Waals surface area contributed by atoms with E-state index in [9.17, 15) is 0 Å². The number of rotatable bonds is 71. The van der Waals surface area contributed by atoms with Crippen LogP contribution >= 0.6 is 0 Å². The summed E-state index contributed by atoms with van der Waals surface area (Å²) in [6, 6.07) is 0. The lowest BCUT2D eigenvalue weighted by Gasteiger charge is -2.08. The maximum Gasteiger partial charge on any atom is 0.0827 e. The molecular weight excluding hydrogens is 1770 g/mol. The first kappa shape index (κ1) is 134. The highest BCUT2D eigenvalue weighted by Gasteiger charge is 2.14. The van der Waals surface area contributed by atoms with Crippen molar-refractivity contribution in [3.8, 4) is 0 Å². The van der Waals surface area contributed by atoms with E-state index in [2.05, 4.69) is 348 Å². The monoisotopic (exact) mass is 2000 g/mol. The molecule has 0 aliphatic heterocycles. The topological polar surface area (TPSA) is 246 Å². The predicted octanol–water partition coefficient (Wildman–Crippen LogP) is 32.3. The van der Waals surface area contributed by atoms with Crippen LogP contribution in [0.25, 0.3) is 0 Å². The molecule has 0 atom stereocenters. The number of aromatic nitrogens is 24. The van der Waals surface area contributed by atoms with Gasteiger partial charge in [-0.05, 0) is 255 Å². The molecule has 0 unspecified atom stereocenters. The number of hydrogen-bond acceptors (Lipinski definition) is 16. The molecule has 0 saturated carbocycles. The second kappa shape index (κ2) is 86.0. The van der Waals surface area contributed by atoms with Crippen molar-refractivity contribution in [2.75, 3.05) is 0 Å². The van der Waals surface area contributed by atoms with Crippen molar-refractivity contribution >= 4 is 0 Å². The minimum atomic E-state index is 0.635. The van der Waals surface area contributed by atoms with Gasteiger partial charge >= 0.3 is 0 Å². The van der Waals surface area contributed by atoms with Gasteiger partial charge in [-0.2, -0.15) is 0 Å². The first-order valence-electron chi connectivity index (χ1n) is 59.2. The van der Waals surface area contributed by atoms with E-state index in [0.717, 1.165) is 209 Å². The molecule has 24 heteroatoms. The molecule has 24 nitrogen and oxygen atoms in total. The van der Waals surface area contributed by atoms with Gasteiger partial charge in [-0.25, -0.2) is 18.7 Å². The minimum Gasteiger partial charge on any atom is -0.252 e. The molecule has 8 aromatic rings. The van der Waals surface area contributed by atoms with Crippen LogP contribution in [0.2, 0.25) is 0 Å². The molecule has 0 amide bonds. The Kier molecular flexibility index (Phi) is 80.7. The highest BCUT2D eigenvalue weighted by Crippen LogP contribution is 2.22. The highest BCUT2D eigenvalue weighted by atomic mass is 15.5. The van der Waals surface area contributed by atoms with Crippen LogP contribution < -0.4 is 0 Å². The molecule has 0 saturated heterocycles. The fourth-order valence-corrected chi connectivity index (χ4v) is 16.7. The van der Waals surface area contributed by atoms with Crippen molar-refractivity contribution in [3.63, 3.8) is 0 Å². The van der Waals surface area contributed by atoms with Crippen molar-refractivity contribution in [1.82, 2.24) is 120 Å². The van der Waals surface area contributed by atoms with Crippen molar-refractivity contribution in [2.24, 2.45) is 94.7 Å². The Morgan fingerprint density at radius 2 is 0.350 bits per heavy atom. The fraction of sp³-hybridized carbons (Fsp3) is 0.866. The van der Waals surface area contributed by atoms with Crippen molar-refractivity contribution in [1.29, 1.82) is 0 Å². The van der Waals surface area contributed by atoms with Gasteiger partial charge in [-0.1, -0.05) is 405 Å². The van der Waals surface area contributed by atoms with Gasteiger partial charge in [0.25, 0.3) is 0 Å². The third-order valence-electron chi connectivity index (χ3n) is 25.7. The first-order chi connectivity index (χ1) is 68.2. The lowest BCUT2D eigenvalue weighted by Crippen LogP contribution is -2.07. The van der Waals surface area contributed by atoms with E-state index < -0.39 is 0 Å². The summed E-state index contributed by atoms with van der Waals surface area (Å²) in [4.78, 5) is 0. The van der Waals surface area contributed by atoms with Gasteiger partial charge in [-0.3, -0.25) is 18.7 Å². The van der Waals surface area contributed by atoms with Gasteiger partial charge in [0, 0.05) is 77.1 Å². The molecule has 8 aromatic heterocycles. The summed E-state index contributed by atoms with van der Waals surface area (Å²) in [5.74, 6) is 12.4. The van der Waals surface area contributed by atoms with Gasteiger partial charge in [0.2, 0.25) is 0 Å². The van der Waals surface area contributed by atoms with E-state index in [4.69, 9.17) is 0 Å². The zero-order valence-electron chi connectivity index (χ0n) is 99.5. The Morgan fingerprint density at radius 3 is 0.608 bits per heavy atom. The smallest absolute Gasteiger partial charge is 0.0827 e. The maximum absolute atomic E-state index is 4.22. The average Bonchev–Trinajstić information content (AvgIpc) is 1.77. The van der Waals surface area contributed by atoms with Gasteiger partial charge in [-0.15, -0.1) is 40.8 Å². The summed E-state index contributed by atoms with van der Waals surface area (Å²) in [6.07, 6.45) is 75.5. The Hall–Kier alpha value is -6.88. The van der Waals surface area contributed by atoms with Crippen LogP contribution in [0.4, 0.5) is 0 Å². The Morgan fingerprint density at radius 1 is 0.161 bits per heavy atom. The average molecular weight is 2000 g/mol. The van der Waals surface area contributed by atoms with E-state index >= 15 is 0 Å². The van der Waals surface area contributed by atoms with Crippen molar-refractivity contribution < 1.29 is 0 Å². The van der Waals surface area contributed by atoms with Crippen molar-refractivity contribution in [3.05, 3.63) is 95.1 Å². The third kappa shape index (κ3) is 80.8. The molecule has 8 rings (SSSR count). The molecule has 0 N–H and O–H groups in total. The number of aryl methyl sites for hydroxylation is 14. The van der Waals surface area contributed by atoms with Crippen LogP contribution in [0, 0.1) is 94.7 Å². The molecule has 0 aromatic carbocycles. The van der Waals surface area contributed by atoms with E-state index in [1.807, 2.05) is 43.5 Å². The molecule has 0 spiro atoms. The SMILES string of the molecule is CC(C)CCCCCCc1cnnn1CCC(C)C.CC(C)CCCCCCc1cnnn1CCC(C)C.CC(C)CCCCCc1cn(CC(C)C)nn1.CC(C)CCCCCc1cn(CC(C)C)nn1.CC(C)CCCCCc1cnnn1CCCC(C)C.CC(C)CCCCCc1cnnn1CCCC(C)C.CC(C)CCCc1cn(CCC(C)C)nn1.CC(C)CCCc1cn(CCCC(C)C)nn1. The van der Waals surface area contributed by atoms with Crippen LogP contribution in [-0.4, -0.2) is 120 Å². The number of hydrogen-bond donors (Lipinski definition) is 0. The zero-order chi connectivity index (χ0) is 106. The summed E-state index contributed by atoms with van der Waals surface area (Å²) in [5, 5.41) is 66.5. The molecular formula is C119H230N24. The normalized spacial score (nSPS) is 11.7. The van der Waals surface area contributed by atoms with Crippen LogP contribution in [0.3, 0.4) is 0 Å². The standard InChI is InChI=1S/4C16H31N3.3C14H27N3.C13H25N3/c2*1-14(2)9-6-5-7-11-16-13-17-18-19(16)12-8-10-15(3)4;2*1-14(2)9-7-5-6-8-10-16-13-17-18-19(16)12-11-15(3)4;1-12(2)7-5-9-14-11-17(16-15-14)10-6-8-13(3)4;2*1-12(2)8-6-5-7-9-14-11-17(16-15-14)10-13(3)4;1-11(2)6-5-7-13-10-16(15-14-13)9-8-12(3)4/h4*13-15H,5-12H2,1-4H3;3*11-13H,5-10H2,1-4H3;10-12H,5-9H2,1-4H3. The first-order valence-corrected chi connectivity index (χ1v) is 59.2. The van der Waals surface area contributed by atoms with Crippen LogP contribution in [-0.2, 0) is 104 Å². The van der Waals surface area contributed by atoms with Gasteiger partial charge in [0.05, 0.1) is 70.3 Å². The fourth-order valence-electron chi connectivity index (χ4n) is 16.7. The van der Waals surface area contributed by atoms with E-state index in [0.29, 0.717) is 11.8 Å². The molecule has 826 valence electrons. The minimum absolute atomic E-state index is 0.635. The van der Waals surface area contributed by atoms with Crippen molar-refractivity contribution in [2.45, 2.75) is 576 Å². The highest BCUT2D eigenvalue weighted by molar-refractivity contribution is 4.99. The zero-order valence-corrected chi connectivity index (χ0v) is 99.5. The lowest BCUT2D eigenvalue weighted by molar-refractivity contribution is 0.462. The van der Waals surface area contributed by atoms with Crippen LogP contribution in [0.15, 0.2) is 49.6 Å². The maximum atomic E-state index is 4.22. The Labute approximate surface area is 880 Å². The molecule has 0 bridgehead atoms. The van der Waals surface area contributed by atoms with E-state index in [1.165, 1.54) is 273 Å². The lowest BCUT2D eigenvalue weighted by atomic mass is 10.0. The molecule has 143 heavy (non-hydrogen) atoms. The molecule has 0 aliphatic carbocycles. The van der Waals surface area contributed by atoms with E-state index in [-0.39, 0.29) is 0 Å². The summed E-state index contributed by atoms with van der Waals surface area (Å²) in [7, 11) is 0. The summed E-state index contributed by atoms with van der Waals surface area (Å²) in [5.41, 5.74) is 9.83. The van der Waals surface area contributed by atoms with Crippen LogP contribution in [0.1, 0.15) is 518 Å². The molecule has 0 radical (unpaired) electrons. The number of unbranched alkanes of at least 4 members (excludes halogenated alkanes) is 14. The quantitative estimate of drug-likeness (QED) is 0.0322. The Balaban J connectivity index is 0.000000818. The molecule has 8 heterocycles. The summed E-state index contributed by atoms with van der Waals surface area (Å²) < 4.78 is 16.3. The van der Waals surface area contributed by atoms with Gasteiger partial charge in [0.1, 0.15) is 0 Å². The molecule has 0 fully saturated rings. The van der Waals surface area contributed by atoms with E-state index in [1.54, 1.807) is 0 Å². The second-order valence-electron chi connectivity index (χ2n) is 48.8. The summed E-state index contributed by atoms with van der Waals surface area (Å²) >= 11 is 0. The number of nitrogens with zero attached hydrogens (tertiary/aromatic N) is 24. The van der Waals surface area contributed by atoms with Gasteiger partial charge < -0.3 is 0 Å². The van der Waals surface area contributed by atoms with Crippen LogP contribution in [0.5, 0.6) is 0 Å². The van der Waals surface area contributed by atoms with Gasteiger partial charge in [0.15, 0.2) is 0 Å². The third-order valence-corrected chi connectivity index (χ3v) is 25.7. The Bertz CT molecular complexity index is 3820. The predicted molar refractivity (Wildman–Crippen MR) is 607 cm³/mol. The largest absolute Gasteiger partial charge is 0.252 e. The molecule has 0 aliphatic rings.